The Labute approximate surface area is 184 Å². The minimum Gasteiger partial charge on any atom is -0.426 e. The number of Topliss-reactive ketones (excluding diaryl/α,β-unsaturated/α-hetero) is 1. The summed E-state index contributed by atoms with van der Waals surface area (Å²) in [6, 6.07) is 0. The number of esters is 1. The lowest BCUT2D eigenvalue weighted by atomic mass is 9.53. The molecular weight excluding hydrogens is 396 g/mol. The highest BCUT2D eigenvalue weighted by atomic mass is 16.7. The van der Waals surface area contributed by atoms with Crippen molar-refractivity contribution in [3.05, 3.63) is 23.3 Å². The van der Waals surface area contributed by atoms with Crippen LogP contribution in [0.1, 0.15) is 67.2 Å². The van der Waals surface area contributed by atoms with Crippen LogP contribution in [0.15, 0.2) is 23.3 Å². The van der Waals surface area contributed by atoms with Crippen LogP contribution in [0.2, 0.25) is 0 Å². The summed E-state index contributed by atoms with van der Waals surface area (Å²) in [5.74, 6) is -2.86. The molecule has 1 spiro atoms. The third-order valence-corrected chi connectivity index (χ3v) is 9.08. The van der Waals surface area contributed by atoms with Crippen molar-refractivity contribution in [2.24, 2.45) is 23.7 Å². The lowest BCUT2D eigenvalue weighted by Gasteiger charge is -2.55. The molecule has 0 aromatic heterocycles. The Morgan fingerprint density at radius 2 is 1.90 bits per heavy atom. The third kappa shape index (κ3) is 2.44. The highest BCUT2D eigenvalue weighted by Crippen LogP contribution is 2.66. The first-order chi connectivity index (χ1) is 14.4. The molecule has 0 aromatic carbocycles. The Morgan fingerprint density at radius 1 is 1.19 bits per heavy atom. The summed E-state index contributed by atoms with van der Waals surface area (Å²) in [5, 5.41) is 11.8. The number of hydrogen-bond acceptors (Lipinski definition) is 6. The average molecular weight is 431 g/mol. The lowest BCUT2D eigenvalue weighted by Crippen LogP contribution is -2.70. The Hall–Kier alpha value is -1.50. The van der Waals surface area contributed by atoms with Crippen LogP contribution in [0.3, 0.4) is 0 Å². The molecule has 2 saturated carbocycles. The largest absolute Gasteiger partial charge is 0.426 e. The maximum atomic E-state index is 14.2. The van der Waals surface area contributed by atoms with Crippen LogP contribution in [0, 0.1) is 23.7 Å². The molecule has 3 aliphatic heterocycles. The number of carbonyl (C=O) groups is 2. The molecule has 0 unspecified atom stereocenters. The van der Waals surface area contributed by atoms with E-state index in [1.54, 1.807) is 0 Å². The van der Waals surface area contributed by atoms with E-state index in [2.05, 4.69) is 6.92 Å². The van der Waals surface area contributed by atoms with Gasteiger partial charge >= 0.3 is 5.97 Å². The molecule has 2 bridgehead atoms. The molecule has 0 radical (unpaired) electrons. The number of hydrogen-bond donors (Lipinski definition) is 1. The molecule has 3 heterocycles. The van der Waals surface area contributed by atoms with Crippen molar-refractivity contribution in [1.29, 1.82) is 0 Å². The first kappa shape index (κ1) is 21.4. The van der Waals surface area contributed by atoms with Crippen LogP contribution < -0.4 is 0 Å². The summed E-state index contributed by atoms with van der Waals surface area (Å²) in [6.07, 6.45) is 5.57. The van der Waals surface area contributed by atoms with E-state index in [4.69, 9.17) is 14.2 Å². The number of allylic oxidation sites excluding steroid dienone is 1. The van der Waals surface area contributed by atoms with Crippen molar-refractivity contribution in [3.8, 4) is 0 Å². The van der Waals surface area contributed by atoms with E-state index in [1.807, 2.05) is 40.7 Å². The summed E-state index contributed by atoms with van der Waals surface area (Å²) in [6.45, 7) is 11.9. The van der Waals surface area contributed by atoms with E-state index in [0.717, 1.165) is 24.0 Å². The van der Waals surface area contributed by atoms with Crippen molar-refractivity contribution in [2.75, 3.05) is 0 Å². The van der Waals surface area contributed by atoms with Crippen molar-refractivity contribution in [3.63, 3.8) is 0 Å². The van der Waals surface area contributed by atoms with Gasteiger partial charge in [-0.3, -0.25) is 4.79 Å². The van der Waals surface area contributed by atoms with Crippen LogP contribution in [0.5, 0.6) is 0 Å². The molecular formula is C25H34O6. The van der Waals surface area contributed by atoms with E-state index >= 15 is 0 Å². The zero-order valence-corrected chi connectivity index (χ0v) is 19.4. The van der Waals surface area contributed by atoms with Crippen molar-refractivity contribution >= 4 is 11.8 Å². The molecule has 6 heteroatoms. The van der Waals surface area contributed by atoms with Gasteiger partial charge in [-0.2, -0.15) is 0 Å². The molecule has 2 aliphatic carbocycles. The third-order valence-electron chi connectivity index (χ3n) is 9.08. The van der Waals surface area contributed by atoms with E-state index < -0.39 is 40.6 Å². The number of carbonyl (C=O) groups excluding carboxylic acids is 2. The van der Waals surface area contributed by atoms with Crippen LogP contribution in [0.25, 0.3) is 0 Å². The molecule has 5 rings (SSSR count). The maximum Gasteiger partial charge on any atom is 0.333 e. The summed E-state index contributed by atoms with van der Waals surface area (Å²) in [5.41, 5.74) is -1.39. The second-order valence-corrected chi connectivity index (χ2v) is 11.0. The molecule has 2 saturated heterocycles. The Balaban J connectivity index is 1.75. The monoisotopic (exact) mass is 430 g/mol. The fourth-order valence-electron chi connectivity index (χ4n) is 7.47. The first-order valence-electron chi connectivity index (χ1n) is 11.6. The number of ketones is 1. The number of ether oxygens (including phenoxy) is 3. The van der Waals surface area contributed by atoms with Crippen LogP contribution in [-0.2, 0) is 23.8 Å². The van der Waals surface area contributed by atoms with Gasteiger partial charge in [-0.05, 0) is 58.8 Å². The summed E-state index contributed by atoms with van der Waals surface area (Å²) in [4.78, 5) is 26.4. The number of fused-ring (bicyclic) bond motifs is 1. The smallest absolute Gasteiger partial charge is 0.333 e. The van der Waals surface area contributed by atoms with Gasteiger partial charge in [-0.1, -0.05) is 25.5 Å². The molecule has 170 valence electrons. The molecule has 6 nitrogen and oxygen atoms in total. The van der Waals surface area contributed by atoms with Gasteiger partial charge < -0.3 is 19.3 Å². The fourth-order valence-corrected chi connectivity index (χ4v) is 7.47. The van der Waals surface area contributed by atoms with Gasteiger partial charge in [0.1, 0.15) is 17.3 Å². The van der Waals surface area contributed by atoms with Gasteiger partial charge in [0, 0.05) is 24.0 Å². The standard InChI is InChI=1S/C25H34O6/c1-13(2)11-18-25-16(5)17-8-7-14(3)24(17,28)21(27)20(25)22(6,29-18)9-10-23(31-25)15(4)12-19(26)30-23/h11-12,14,16-18,20,28H,7-10H2,1-6H3/t14-,16-,17-,18+,20-,22-,23-,24+,25-/m0/s1. The van der Waals surface area contributed by atoms with Gasteiger partial charge in [-0.15, -0.1) is 0 Å². The summed E-state index contributed by atoms with van der Waals surface area (Å²) < 4.78 is 19.4. The zero-order chi connectivity index (χ0) is 22.6. The Bertz CT molecular complexity index is 917. The van der Waals surface area contributed by atoms with Crippen molar-refractivity contribution in [2.45, 2.75) is 95.9 Å². The van der Waals surface area contributed by atoms with E-state index in [1.165, 1.54) is 6.08 Å². The summed E-state index contributed by atoms with van der Waals surface area (Å²) >= 11 is 0. The predicted molar refractivity (Wildman–Crippen MR) is 113 cm³/mol. The number of rotatable bonds is 1. The van der Waals surface area contributed by atoms with Gasteiger partial charge in [0.05, 0.1) is 11.5 Å². The molecule has 9 atom stereocenters. The Kier molecular flexibility index (Phi) is 4.34. The highest BCUT2D eigenvalue weighted by molar-refractivity contribution is 5.94. The second kappa shape index (κ2) is 6.30. The van der Waals surface area contributed by atoms with Crippen molar-refractivity contribution in [1.82, 2.24) is 0 Å². The normalized spacial score (nSPS) is 53.0. The average Bonchev–Trinajstić information content (AvgIpc) is 3.18. The molecule has 4 fully saturated rings. The van der Waals surface area contributed by atoms with Gasteiger partial charge in [0.15, 0.2) is 5.78 Å². The topological polar surface area (TPSA) is 82.1 Å². The molecule has 1 N–H and O–H groups in total. The molecule has 31 heavy (non-hydrogen) atoms. The Morgan fingerprint density at radius 3 is 2.52 bits per heavy atom. The van der Waals surface area contributed by atoms with Gasteiger partial charge in [-0.25, -0.2) is 4.79 Å². The zero-order valence-electron chi connectivity index (χ0n) is 19.4. The molecule has 0 amide bonds. The first-order valence-corrected chi connectivity index (χ1v) is 11.6. The minimum atomic E-state index is -1.36. The van der Waals surface area contributed by atoms with E-state index in [0.29, 0.717) is 12.8 Å². The molecule has 5 aliphatic rings. The SMILES string of the molecule is CC(C)=C[C@H]1O[C@@]2(C)CC[C@]3(OC(=O)C=C3C)O[C@]13[C@H]2C(=O)[C@@]1(O)[C@@H](C)CC[C@H]1[C@@H]3C. The van der Waals surface area contributed by atoms with E-state index in [9.17, 15) is 14.7 Å². The second-order valence-electron chi connectivity index (χ2n) is 11.0. The van der Waals surface area contributed by atoms with Crippen LogP contribution in [-0.4, -0.2) is 45.6 Å². The minimum absolute atomic E-state index is 0.0992. The molecule has 0 aromatic rings. The predicted octanol–water partition coefficient (Wildman–Crippen LogP) is 3.47. The highest BCUT2D eigenvalue weighted by Gasteiger charge is 2.79. The fraction of sp³-hybridized carbons (Fsp3) is 0.760. The van der Waals surface area contributed by atoms with E-state index in [-0.39, 0.29) is 23.5 Å². The number of aliphatic hydroxyl groups is 1. The lowest BCUT2D eigenvalue weighted by molar-refractivity contribution is -0.293. The van der Waals surface area contributed by atoms with Gasteiger partial charge in [0.25, 0.3) is 0 Å². The van der Waals surface area contributed by atoms with Crippen LogP contribution in [0.4, 0.5) is 0 Å². The maximum absolute atomic E-state index is 14.2. The van der Waals surface area contributed by atoms with Gasteiger partial charge in [0.2, 0.25) is 5.79 Å². The summed E-state index contributed by atoms with van der Waals surface area (Å²) in [7, 11) is 0. The van der Waals surface area contributed by atoms with Crippen molar-refractivity contribution < 1.29 is 28.9 Å². The quantitative estimate of drug-likeness (QED) is 0.507. The van der Waals surface area contributed by atoms with Crippen LogP contribution >= 0.6 is 0 Å².